The number of hydrogen-bond donors (Lipinski definition) is 6. The van der Waals surface area contributed by atoms with E-state index in [-0.39, 0.29) is 67.9 Å². The number of likely N-dealkylation sites (N-methyl/N-ethyl adjacent to an activating group) is 7. The maximum atomic E-state index is 15.3. The van der Waals surface area contributed by atoms with Crippen molar-refractivity contribution in [2.45, 2.75) is 248 Å². The van der Waals surface area contributed by atoms with Crippen LogP contribution < -0.4 is 27.0 Å². The first-order valence-corrected chi connectivity index (χ1v) is 34.4. The van der Waals surface area contributed by atoms with Crippen LogP contribution in [0.25, 0.3) is 0 Å². The van der Waals surface area contributed by atoms with E-state index >= 15 is 28.8 Å². The molecule has 92 heavy (non-hydrogen) atoms. The van der Waals surface area contributed by atoms with Gasteiger partial charge in [-0.05, 0) is 134 Å². The molecular weight excluding hydrogens is 1200 g/mol. The Bertz CT molecular complexity index is 2490. The minimum atomic E-state index is -1.56. The highest BCUT2D eigenvalue weighted by atomic mass is 32.2. The lowest BCUT2D eigenvalue weighted by atomic mass is 9.93. The number of nitrogens with zero attached hydrogens (tertiary/aromatic N) is 7. The third kappa shape index (κ3) is 25.1. The molecule has 0 unspecified atom stereocenters. The monoisotopic (exact) mass is 1320 g/mol. The van der Waals surface area contributed by atoms with Gasteiger partial charge in [0, 0.05) is 61.5 Å². The topological polar surface area (TPSA) is 305 Å². The fourth-order valence-electron chi connectivity index (χ4n) is 11.5. The Morgan fingerprint density at radius 3 is 1.40 bits per heavy atom. The van der Waals surface area contributed by atoms with Gasteiger partial charge in [0.25, 0.3) is 0 Å². The van der Waals surface area contributed by atoms with Gasteiger partial charge in [-0.15, -0.1) is 0 Å². The average Bonchev–Trinajstić information content (AvgIpc) is 0.825. The van der Waals surface area contributed by atoms with E-state index in [1.807, 2.05) is 67.5 Å². The Balaban J connectivity index is 4.51. The van der Waals surface area contributed by atoms with Gasteiger partial charge < -0.3 is 66.4 Å². The number of carbonyl (C=O) groups excluding carboxylic acids is 11. The summed E-state index contributed by atoms with van der Waals surface area (Å²) in [6.45, 7) is 30.0. The first-order chi connectivity index (χ1) is 42.5. The molecular formula is C67H122N12O12S. The van der Waals surface area contributed by atoms with Crippen LogP contribution in [0.15, 0.2) is 12.2 Å². The second kappa shape index (κ2) is 39.1. The lowest BCUT2D eigenvalue weighted by Crippen LogP contribution is -2.62. The molecule has 24 nitrogen and oxygen atoms in total. The number of allylic oxidation sites excluding steroid dienone is 2. The van der Waals surface area contributed by atoms with Gasteiger partial charge in [0.05, 0.1) is 5.60 Å². The Kier molecular flexibility index (Phi) is 35.8. The van der Waals surface area contributed by atoms with Crippen molar-refractivity contribution in [1.82, 2.24) is 55.6 Å². The first kappa shape index (κ1) is 84.2. The molecule has 0 bridgehead atoms. The number of aliphatic hydroxyl groups is 1. The molecule has 1 rings (SSSR count). The molecule has 11 amide bonds. The summed E-state index contributed by atoms with van der Waals surface area (Å²) in [5.41, 5.74) is 4.26. The molecule has 12 atom stereocenters. The quantitative estimate of drug-likeness (QED) is 0.0692. The predicted octanol–water partition coefficient (Wildman–Crippen LogP) is 4.25. The van der Waals surface area contributed by atoms with Gasteiger partial charge in [0.2, 0.25) is 65.0 Å². The molecule has 7 N–H and O–H groups in total. The molecule has 1 fully saturated rings. The summed E-state index contributed by atoms with van der Waals surface area (Å²) in [5.74, 6) is -8.33. The average molecular weight is 1320 g/mol. The Morgan fingerprint density at radius 1 is 0.500 bits per heavy atom. The standard InChI is InChI=1S/C67H122N12O12S/c1-25-27-30-44(13)36-49-58(82)71-47(26-2)61(85)78(23)53(38-92-32-29-28-31-68)64(88)77(22)52(37-67(16,17)91)59(83)72-54(42(9)10)65(89)73(18)48(33-39(3)4)57(81)69-45(14)56(80)70-46(15)60(84)75(20)50(34-40(5)6)62(86)76(21)51(35-41(7)8)63(87)79(24)55(43(11)12)66(90)74(49)19/h25,27,39-55,91H,26,28-38,68H2,1-24H3,(H,69,81)(H,70,80)(H,71,82)(H,72,83)/b27-25+/t44-,45-,46+,47+,48-,49+,50+,51+,52+,53-,54-,55+/m1/s1. The second-order valence-corrected chi connectivity index (χ2v) is 29.4. The summed E-state index contributed by atoms with van der Waals surface area (Å²) < 4.78 is 0. The zero-order valence-electron chi connectivity index (χ0n) is 60.5. The number of nitrogens with two attached hydrogens (primary N) is 1. The molecule has 0 aromatic heterocycles. The van der Waals surface area contributed by atoms with Crippen molar-refractivity contribution in [2.75, 3.05) is 67.4 Å². The van der Waals surface area contributed by atoms with E-state index < -0.39 is 149 Å². The third-order valence-electron chi connectivity index (χ3n) is 17.2. The number of rotatable bonds is 21. The normalized spacial score (nSPS) is 26.4. The summed E-state index contributed by atoms with van der Waals surface area (Å²) in [6, 6.07) is -13.4. The van der Waals surface area contributed by atoms with Crippen molar-refractivity contribution in [2.24, 2.45) is 41.2 Å². The Morgan fingerprint density at radius 2 is 0.924 bits per heavy atom. The third-order valence-corrected chi connectivity index (χ3v) is 18.4. The van der Waals surface area contributed by atoms with Gasteiger partial charge >= 0.3 is 0 Å². The molecule has 528 valence electrons. The molecule has 25 heteroatoms. The van der Waals surface area contributed by atoms with Gasteiger partial charge in [0.1, 0.15) is 66.5 Å². The minimum Gasteiger partial charge on any atom is -0.390 e. The van der Waals surface area contributed by atoms with Gasteiger partial charge in [-0.2, -0.15) is 11.8 Å². The van der Waals surface area contributed by atoms with Crippen LogP contribution in [0.1, 0.15) is 175 Å². The summed E-state index contributed by atoms with van der Waals surface area (Å²) >= 11 is 1.39. The molecule has 0 aromatic rings. The van der Waals surface area contributed by atoms with Crippen LogP contribution in [0.5, 0.6) is 0 Å². The zero-order chi connectivity index (χ0) is 71.1. The van der Waals surface area contributed by atoms with Gasteiger partial charge in [0.15, 0.2) is 0 Å². The van der Waals surface area contributed by atoms with Crippen LogP contribution in [0, 0.1) is 35.5 Å². The van der Waals surface area contributed by atoms with E-state index in [1.54, 1.807) is 34.6 Å². The van der Waals surface area contributed by atoms with E-state index in [2.05, 4.69) is 21.3 Å². The van der Waals surface area contributed by atoms with E-state index in [0.717, 1.165) is 4.90 Å². The van der Waals surface area contributed by atoms with Crippen molar-refractivity contribution in [3.8, 4) is 0 Å². The van der Waals surface area contributed by atoms with Crippen LogP contribution in [-0.2, 0) is 52.7 Å². The van der Waals surface area contributed by atoms with E-state index in [4.69, 9.17) is 5.73 Å². The number of unbranched alkanes of at least 4 members (excludes halogenated alkanes) is 1. The summed E-state index contributed by atoms with van der Waals surface area (Å²) in [7, 11) is 10.2. The highest BCUT2D eigenvalue weighted by molar-refractivity contribution is 7.99. The van der Waals surface area contributed by atoms with Crippen molar-refractivity contribution < 1.29 is 57.8 Å². The van der Waals surface area contributed by atoms with Crippen molar-refractivity contribution in [3.63, 3.8) is 0 Å². The smallest absolute Gasteiger partial charge is 0.246 e. The van der Waals surface area contributed by atoms with E-state index in [9.17, 15) is 29.1 Å². The van der Waals surface area contributed by atoms with Crippen molar-refractivity contribution in [1.29, 1.82) is 0 Å². The van der Waals surface area contributed by atoms with E-state index in [0.29, 0.717) is 31.6 Å². The van der Waals surface area contributed by atoms with Gasteiger partial charge in [-0.25, -0.2) is 0 Å². The molecule has 1 saturated heterocycles. The number of hydrogen-bond acceptors (Lipinski definition) is 14. The molecule has 0 radical (unpaired) electrons. The Labute approximate surface area is 556 Å². The molecule has 1 heterocycles. The van der Waals surface area contributed by atoms with Crippen LogP contribution in [-0.4, -0.2) is 244 Å². The second-order valence-electron chi connectivity index (χ2n) is 28.2. The summed E-state index contributed by atoms with van der Waals surface area (Å²) in [4.78, 5) is 172. The molecule has 1 aliphatic heterocycles. The summed E-state index contributed by atoms with van der Waals surface area (Å²) in [5, 5.41) is 22.5. The number of carbonyl (C=O) groups is 11. The molecule has 0 aliphatic carbocycles. The highest BCUT2D eigenvalue weighted by Gasteiger charge is 2.45. The van der Waals surface area contributed by atoms with Crippen molar-refractivity contribution >= 4 is 76.7 Å². The SMILES string of the molecule is C/C=C/C[C@@H](C)C[C@H]1C(=O)N[C@@H](CC)C(=O)N(C)[C@H](CSCCCCN)C(=O)N(C)[C@@H](CC(C)(C)O)C(=O)N[C@H](C(C)C)C(=O)N(C)[C@H](CC(C)C)C(=O)N[C@H](C)C(=O)N[C@@H](C)C(=O)N(C)[C@@H](CC(C)C)C(=O)N(C)[C@@H](CC(C)C)C(=O)N(C)[C@@H](C(C)C)C(=O)N1C. The number of amides is 11. The number of thioether (sulfide) groups is 1. The zero-order valence-corrected chi connectivity index (χ0v) is 61.3. The van der Waals surface area contributed by atoms with Gasteiger partial charge in [-0.3, -0.25) is 52.7 Å². The van der Waals surface area contributed by atoms with Crippen LogP contribution >= 0.6 is 11.8 Å². The summed E-state index contributed by atoms with van der Waals surface area (Å²) in [6.07, 6.45) is 6.14. The van der Waals surface area contributed by atoms with Gasteiger partial charge in [-0.1, -0.05) is 95.2 Å². The lowest BCUT2D eigenvalue weighted by molar-refractivity contribution is -0.156. The highest BCUT2D eigenvalue weighted by Crippen LogP contribution is 2.27. The van der Waals surface area contributed by atoms with E-state index in [1.165, 1.54) is 118 Å². The molecule has 0 saturated carbocycles. The fraction of sp³-hybridized carbons (Fsp3) is 0.806. The largest absolute Gasteiger partial charge is 0.390 e. The molecule has 0 aromatic carbocycles. The Hall–Kier alpha value is -5.82. The lowest BCUT2D eigenvalue weighted by Gasteiger charge is -2.41. The van der Waals surface area contributed by atoms with Crippen LogP contribution in [0.3, 0.4) is 0 Å². The number of nitrogens with one attached hydrogen (secondary N) is 4. The maximum Gasteiger partial charge on any atom is 0.246 e. The van der Waals surface area contributed by atoms with Crippen LogP contribution in [0.4, 0.5) is 0 Å². The minimum absolute atomic E-state index is 0.0502. The molecule has 1 aliphatic rings. The molecule has 0 spiro atoms. The maximum absolute atomic E-state index is 15.3. The fourth-order valence-corrected chi connectivity index (χ4v) is 12.6. The first-order valence-electron chi connectivity index (χ1n) is 33.2. The van der Waals surface area contributed by atoms with Crippen LogP contribution in [0.2, 0.25) is 0 Å². The predicted molar refractivity (Wildman–Crippen MR) is 363 cm³/mol. The van der Waals surface area contributed by atoms with Crippen molar-refractivity contribution in [3.05, 3.63) is 12.2 Å².